The maximum atomic E-state index is 11.0. The van der Waals surface area contributed by atoms with Gasteiger partial charge in [-0.25, -0.2) is 4.79 Å². The molecule has 0 aromatic heterocycles. The average molecular weight is 272 g/mol. The topological polar surface area (TPSA) is 91.0 Å². The Morgan fingerprint density at radius 1 is 1.47 bits per heavy atom. The number of carbonyl (C=O) groups excluding carboxylic acids is 1. The molecule has 19 heavy (non-hydrogen) atoms. The predicted molar refractivity (Wildman–Crippen MR) is 68.4 cm³/mol. The van der Waals surface area contributed by atoms with Crippen LogP contribution in [0.2, 0.25) is 0 Å². The molecule has 0 saturated heterocycles. The molecular formula is C12H20N2O5. The van der Waals surface area contributed by atoms with Crippen molar-refractivity contribution in [3.63, 3.8) is 0 Å². The minimum atomic E-state index is -0.606. The zero-order chi connectivity index (χ0) is 14.1. The van der Waals surface area contributed by atoms with Crippen LogP contribution in [0.5, 0.6) is 0 Å². The van der Waals surface area contributed by atoms with Crippen LogP contribution < -0.4 is 0 Å². The van der Waals surface area contributed by atoms with Crippen molar-refractivity contribution in [1.82, 2.24) is 0 Å². The fourth-order valence-electron chi connectivity index (χ4n) is 2.25. The van der Waals surface area contributed by atoms with E-state index in [4.69, 9.17) is 4.84 Å². The molecule has 0 radical (unpaired) electrons. The summed E-state index contributed by atoms with van der Waals surface area (Å²) in [6.45, 7) is 1.65. The second kappa shape index (κ2) is 8.44. The van der Waals surface area contributed by atoms with E-state index in [1.54, 1.807) is 6.92 Å². The van der Waals surface area contributed by atoms with E-state index >= 15 is 0 Å². The minimum Gasteiger partial charge on any atom is -0.462 e. The van der Waals surface area contributed by atoms with Crippen molar-refractivity contribution in [2.24, 2.45) is 11.1 Å². The van der Waals surface area contributed by atoms with Crippen LogP contribution in [-0.4, -0.2) is 36.4 Å². The van der Waals surface area contributed by atoms with Gasteiger partial charge in [0, 0.05) is 10.8 Å². The van der Waals surface area contributed by atoms with Gasteiger partial charge in [0.1, 0.15) is 0 Å². The summed E-state index contributed by atoms with van der Waals surface area (Å²) in [5.74, 6) is -0.468. The summed E-state index contributed by atoms with van der Waals surface area (Å²) in [7, 11) is 0. The zero-order valence-electron chi connectivity index (χ0n) is 11.1. The first-order chi connectivity index (χ1) is 9.13. The first-order valence-electron chi connectivity index (χ1n) is 6.61. The maximum absolute atomic E-state index is 11.0. The fourth-order valence-corrected chi connectivity index (χ4v) is 2.25. The lowest BCUT2D eigenvalue weighted by Crippen LogP contribution is -2.31. The molecule has 1 unspecified atom stereocenters. The van der Waals surface area contributed by atoms with Crippen molar-refractivity contribution in [2.45, 2.75) is 45.1 Å². The first kappa shape index (κ1) is 15.4. The Morgan fingerprint density at radius 3 is 2.74 bits per heavy atom. The number of nitrogens with zero attached hydrogens (tertiary/aromatic N) is 2. The molecule has 0 heterocycles. The molecule has 7 heteroatoms. The SMILES string of the molecule is CCOC(=O)/C=N\OC(C[N+](=O)[O-])C1CCCCC1. The van der Waals surface area contributed by atoms with Crippen LogP contribution in [0.3, 0.4) is 0 Å². The smallest absolute Gasteiger partial charge is 0.352 e. The predicted octanol–water partition coefficient (Wildman–Crippen LogP) is 1.78. The highest BCUT2D eigenvalue weighted by atomic mass is 16.7. The second-order valence-corrected chi connectivity index (χ2v) is 4.54. The molecule has 0 aliphatic heterocycles. The molecule has 0 spiro atoms. The lowest BCUT2D eigenvalue weighted by atomic mass is 9.85. The van der Waals surface area contributed by atoms with Crippen LogP contribution in [0, 0.1) is 16.0 Å². The normalized spacial score (nSPS) is 18.2. The van der Waals surface area contributed by atoms with Gasteiger partial charge < -0.3 is 9.57 Å². The number of ether oxygens (including phenoxy) is 1. The van der Waals surface area contributed by atoms with Crippen LogP contribution >= 0.6 is 0 Å². The number of hydrogen-bond donors (Lipinski definition) is 0. The van der Waals surface area contributed by atoms with Crippen molar-refractivity contribution >= 4 is 12.2 Å². The standard InChI is InChI=1S/C12H20N2O5/c1-2-18-12(15)8-13-19-11(9-14(16)17)10-6-4-3-5-7-10/h8,10-11H,2-7,9H2,1H3/b13-8-. The van der Waals surface area contributed by atoms with Gasteiger partial charge in [-0.15, -0.1) is 0 Å². The summed E-state index contributed by atoms with van der Waals surface area (Å²) in [6.07, 6.45) is 5.45. The molecule has 0 N–H and O–H groups in total. The van der Waals surface area contributed by atoms with Gasteiger partial charge in [0.25, 0.3) is 0 Å². The van der Waals surface area contributed by atoms with Gasteiger partial charge in [-0.05, 0) is 19.8 Å². The molecule has 1 rings (SSSR count). The molecule has 1 fully saturated rings. The second-order valence-electron chi connectivity index (χ2n) is 4.54. The maximum Gasteiger partial charge on any atom is 0.352 e. The Balaban J connectivity index is 2.48. The molecule has 108 valence electrons. The summed E-state index contributed by atoms with van der Waals surface area (Å²) in [6, 6.07) is 0. The van der Waals surface area contributed by atoms with Gasteiger partial charge in [-0.3, -0.25) is 10.1 Å². The Morgan fingerprint density at radius 2 is 2.16 bits per heavy atom. The van der Waals surface area contributed by atoms with E-state index in [1.807, 2.05) is 0 Å². The molecule has 1 aliphatic carbocycles. The Hall–Kier alpha value is -1.66. The van der Waals surface area contributed by atoms with Crippen LogP contribution in [-0.2, 0) is 14.4 Å². The molecule has 0 aromatic carbocycles. The third kappa shape index (κ3) is 6.17. The molecular weight excluding hydrogens is 252 g/mol. The van der Waals surface area contributed by atoms with Crippen LogP contribution in [0.15, 0.2) is 5.16 Å². The Kier molecular flexibility index (Phi) is 6.84. The van der Waals surface area contributed by atoms with Gasteiger partial charge in [0.2, 0.25) is 6.54 Å². The van der Waals surface area contributed by atoms with E-state index in [0.29, 0.717) is 0 Å². The molecule has 0 amide bonds. The quantitative estimate of drug-likeness (QED) is 0.305. The highest BCUT2D eigenvalue weighted by Gasteiger charge is 2.29. The highest BCUT2D eigenvalue weighted by Crippen LogP contribution is 2.28. The number of rotatable bonds is 7. The lowest BCUT2D eigenvalue weighted by Gasteiger charge is -2.25. The van der Waals surface area contributed by atoms with E-state index in [2.05, 4.69) is 9.89 Å². The van der Waals surface area contributed by atoms with Crippen LogP contribution in [0.1, 0.15) is 39.0 Å². The summed E-state index contributed by atoms with van der Waals surface area (Å²) >= 11 is 0. The molecule has 1 aliphatic rings. The van der Waals surface area contributed by atoms with Gasteiger partial charge >= 0.3 is 5.97 Å². The molecule has 1 atom stereocenters. The molecule has 0 aromatic rings. The van der Waals surface area contributed by atoms with Gasteiger partial charge in [-0.2, -0.15) is 0 Å². The third-order valence-corrected chi connectivity index (χ3v) is 3.15. The first-order valence-corrected chi connectivity index (χ1v) is 6.61. The van der Waals surface area contributed by atoms with Crippen molar-refractivity contribution in [1.29, 1.82) is 0 Å². The summed E-state index contributed by atoms with van der Waals surface area (Å²) < 4.78 is 4.65. The summed E-state index contributed by atoms with van der Waals surface area (Å²) in [5.41, 5.74) is 0. The summed E-state index contributed by atoms with van der Waals surface area (Å²) in [4.78, 5) is 26.4. The zero-order valence-corrected chi connectivity index (χ0v) is 11.1. The molecule has 7 nitrogen and oxygen atoms in total. The van der Waals surface area contributed by atoms with E-state index in [0.717, 1.165) is 38.3 Å². The van der Waals surface area contributed by atoms with E-state index in [1.165, 1.54) is 0 Å². The lowest BCUT2D eigenvalue weighted by molar-refractivity contribution is -0.494. The van der Waals surface area contributed by atoms with Gasteiger partial charge in [-0.1, -0.05) is 24.4 Å². The number of hydrogen-bond acceptors (Lipinski definition) is 6. The van der Waals surface area contributed by atoms with E-state index in [9.17, 15) is 14.9 Å². The summed E-state index contributed by atoms with van der Waals surface area (Å²) in [5, 5.41) is 14.1. The van der Waals surface area contributed by atoms with Crippen LogP contribution in [0.4, 0.5) is 0 Å². The van der Waals surface area contributed by atoms with E-state index in [-0.39, 0.29) is 19.1 Å². The average Bonchev–Trinajstić information content (AvgIpc) is 2.38. The van der Waals surface area contributed by atoms with E-state index < -0.39 is 17.0 Å². The third-order valence-electron chi connectivity index (χ3n) is 3.15. The number of esters is 1. The number of nitro groups is 1. The van der Waals surface area contributed by atoms with Crippen molar-refractivity contribution < 1.29 is 19.3 Å². The largest absolute Gasteiger partial charge is 0.462 e. The van der Waals surface area contributed by atoms with Crippen molar-refractivity contribution in [3.05, 3.63) is 10.1 Å². The highest BCUT2D eigenvalue weighted by molar-refractivity contribution is 6.22. The monoisotopic (exact) mass is 272 g/mol. The van der Waals surface area contributed by atoms with Gasteiger partial charge in [0.15, 0.2) is 12.3 Å². The Bertz CT molecular complexity index is 326. The van der Waals surface area contributed by atoms with Crippen molar-refractivity contribution in [3.8, 4) is 0 Å². The Labute approximate surface area is 112 Å². The number of carbonyl (C=O) groups is 1. The minimum absolute atomic E-state index is 0.137. The fraction of sp³-hybridized carbons (Fsp3) is 0.833. The van der Waals surface area contributed by atoms with Gasteiger partial charge in [0.05, 0.1) is 6.61 Å². The number of oxime groups is 1. The molecule has 1 saturated carbocycles. The van der Waals surface area contributed by atoms with Crippen LogP contribution in [0.25, 0.3) is 0 Å². The van der Waals surface area contributed by atoms with Crippen molar-refractivity contribution in [2.75, 3.05) is 13.2 Å². The molecule has 0 bridgehead atoms.